The first-order chi connectivity index (χ1) is 15.6. The first kappa shape index (κ1) is 20.7. The van der Waals surface area contributed by atoms with Gasteiger partial charge >= 0.3 is 0 Å². The van der Waals surface area contributed by atoms with E-state index in [0.29, 0.717) is 25.1 Å². The van der Waals surface area contributed by atoms with E-state index in [1.807, 2.05) is 25.4 Å². The van der Waals surface area contributed by atoms with Crippen molar-refractivity contribution in [3.05, 3.63) is 65.1 Å². The van der Waals surface area contributed by atoms with Crippen LogP contribution in [0.25, 0.3) is 11.3 Å². The molecule has 1 aliphatic heterocycles. The topological polar surface area (TPSA) is 89.3 Å². The van der Waals surface area contributed by atoms with Crippen LogP contribution >= 0.6 is 0 Å². The van der Waals surface area contributed by atoms with Gasteiger partial charge in [-0.2, -0.15) is 5.10 Å². The number of fused-ring (bicyclic) bond motifs is 1. The van der Waals surface area contributed by atoms with E-state index < -0.39 is 6.10 Å². The summed E-state index contributed by atoms with van der Waals surface area (Å²) in [4.78, 5) is 17.5. The Bertz CT molecular complexity index is 1120. The maximum atomic E-state index is 12.9. The van der Waals surface area contributed by atoms with Crippen LogP contribution in [0.3, 0.4) is 0 Å². The molecule has 1 aliphatic carbocycles. The van der Waals surface area contributed by atoms with Gasteiger partial charge in [0, 0.05) is 37.2 Å². The number of ether oxygens (including phenoxy) is 1. The fourth-order valence-electron chi connectivity index (χ4n) is 4.59. The third kappa shape index (κ3) is 4.25. The molecule has 166 valence electrons. The van der Waals surface area contributed by atoms with Crippen molar-refractivity contribution in [1.29, 1.82) is 0 Å². The molecule has 0 saturated heterocycles. The normalized spacial score (nSPS) is 19.9. The van der Waals surface area contributed by atoms with Gasteiger partial charge in [-0.3, -0.25) is 9.48 Å². The molecule has 2 aliphatic rings. The molecule has 1 aromatic carbocycles. The van der Waals surface area contributed by atoms with Crippen molar-refractivity contribution in [1.82, 2.24) is 20.1 Å². The summed E-state index contributed by atoms with van der Waals surface area (Å²) in [6.45, 7) is 0.584. The van der Waals surface area contributed by atoms with Crippen LogP contribution < -0.4 is 10.1 Å². The Labute approximate surface area is 187 Å². The first-order valence-corrected chi connectivity index (χ1v) is 11.3. The minimum atomic E-state index is -0.484. The Morgan fingerprint density at radius 2 is 2.03 bits per heavy atom. The molecular weight excluding hydrogens is 404 g/mol. The first-order valence-electron chi connectivity index (χ1n) is 11.3. The number of pyridine rings is 1. The summed E-state index contributed by atoms with van der Waals surface area (Å²) >= 11 is 0. The molecule has 5 rings (SSSR count). The number of nitrogens with one attached hydrogen (secondary N) is 1. The molecule has 7 nitrogen and oxygen atoms in total. The van der Waals surface area contributed by atoms with E-state index in [1.54, 1.807) is 4.68 Å². The Morgan fingerprint density at radius 3 is 2.78 bits per heavy atom. The summed E-state index contributed by atoms with van der Waals surface area (Å²) in [6, 6.07) is 11.9. The van der Waals surface area contributed by atoms with E-state index in [-0.39, 0.29) is 11.9 Å². The van der Waals surface area contributed by atoms with Gasteiger partial charge in [0.25, 0.3) is 5.91 Å². The second-order valence-electron chi connectivity index (χ2n) is 8.72. The number of hydrogen-bond donors (Lipinski definition) is 2. The van der Waals surface area contributed by atoms with Crippen LogP contribution in [-0.4, -0.2) is 44.5 Å². The minimum Gasteiger partial charge on any atom is -0.491 e. The lowest BCUT2D eigenvalue weighted by molar-refractivity contribution is 0.0713. The van der Waals surface area contributed by atoms with Gasteiger partial charge in [-0.1, -0.05) is 37.1 Å². The predicted molar refractivity (Wildman–Crippen MR) is 121 cm³/mol. The summed E-state index contributed by atoms with van der Waals surface area (Å²) in [5.41, 5.74) is 5.33. The van der Waals surface area contributed by atoms with Gasteiger partial charge in [0.2, 0.25) is 0 Å². The Balaban J connectivity index is 1.36. The summed E-state index contributed by atoms with van der Waals surface area (Å²) in [5.74, 6) is 0.574. The van der Waals surface area contributed by atoms with Gasteiger partial charge in [-0.05, 0) is 30.5 Å². The zero-order valence-electron chi connectivity index (χ0n) is 18.3. The van der Waals surface area contributed by atoms with Gasteiger partial charge in [-0.15, -0.1) is 0 Å². The summed E-state index contributed by atoms with van der Waals surface area (Å²) in [7, 11) is 1.91. The van der Waals surface area contributed by atoms with Crippen LogP contribution in [0, 0.1) is 0 Å². The van der Waals surface area contributed by atoms with Crippen LogP contribution in [0.4, 0.5) is 0 Å². The molecule has 0 unspecified atom stereocenters. The molecule has 0 spiro atoms. The number of aliphatic hydroxyl groups excluding tert-OH is 1. The number of hydrogen-bond acceptors (Lipinski definition) is 5. The van der Waals surface area contributed by atoms with Crippen LogP contribution in [0.2, 0.25) is 0 Å². The number of aromatic nitrogens is 3. The predicted octanol–water partition coefficient (Wildman–Crippen LogP) is 3.04. The third-order valence-electron chi connectivity index (χ3n) is 6.34. The smallest absolute Gasteiger partial charge is 0.270 e. The molecule has 1 saturated carbocycles. The Kier molecular flexibility index (Phi) is 5.66. The monoisotopic (exact) mass is 432 g/mol. The van der Waals surface area contributed by atoms with Crippen LogP contribution in [0.5, 0.6) is 5.75 Å². The maximum absolute atomic E-state index is 12.9. The number of carbonyl (C=O) groups excluding carboxylic acids is 1. The van der Waals surface area contributed by atoms with Crippen LogP contribution in [-0.2, 0) is 19.9 Å². The quantitative estimate of drug-likeness (QED) is 0.647. The average molecular weight is 433 g/mol. The minimum absolute atomic E-state index is 0.204. The standard InChI is InChI=1S/C25H28N4O3/c1-29-12-10-19(28-29)17-8-6-16(7-9-17)14-18-15-22(26-21-11-13-32-24(18)21)25(31)27-20-4-2-3-5-23(20)30/h6-10,12,15,20,23,30H,2-5,11,13-14H2,1H3,(H,27,31)/t20-,23-/m0/s1. The molecule has 2 aromatic heterocycles. The zero-order chi connectivity index (χ0) is 22.1. The van der Waals surface area contributed by atoms with Crippen molar-refractivity contribution in [3.8, 4) is 17.0 Å². The third-order valence-corrected chi connectivity index (χ3v) is 6.34. The fraction of sp³-hybridized carbons (Fsp3) is 0.400. The van der Waals surface area contributed by atoms with Crippen molar-refractivity contribution in [2.24, 2.45) is 7.05 Å². The Hall–Kier alpha value is -3.19. The van der Waals surface area contributed by atoms with Crippen molar-refractivity contribution >= 4 is 5.91 Å². The van der Waals surface area contributed by atoms with Crippen molar-refractivity contribution in [3.63, 3.8) is 0 Å². The number of benzene rings is 1. The molecule has 1 fully saturated rings. The van der Waals surface area contributed by atoms with Gasteiger partial charge in [-0.25, -0.2) is 4.98 Å². The number of carbonyl (C=O) groups is 1. The molecular formula is C25H28N4O3. The van der Waals surface area contributed by atoms with Crippen LogP contribution in [0.1, 0.15) is 53.0 Å². The zero-order valence-corrected chi connectivity index (χ0v) is 18.3. The van der Waals surface area contributed by atoms with Crippen molar-refractivity contribution in [2.45, 2.75) is 50.7 Å². The second kappa shape index (κ2) is 8.74. The fourth-order valence-corrected chi connectivity index (χ4v) is 4.59. The SMILES string of the molecule is Cn1ccc(-c2ccc(Cc3cc(C(=O)N[C@H]4CCCC[C@@H]4O)nc4c3OCC4)cc2)n1. The number of aliphatic hydroxyl groups is 1. The average Bonchev–Trinajstić information content (AvgIpc) is 3.45. The molecule has 2 atom stereocenters. The largest absolute Gasteiger partial charge is 0.491 e. The van der Waals surface area contributed by atoms with Gasteiger partial charge in [0.05, 0.1) is 30.1 Å². The van der Waals surface area contributed by atoms with Crippen molar-refractivity contribution < 1.29 is 14.6 Å². The number of aryl methyl sites for hydroxylation is 1. The van der Waals surface area contributed by atoms with E-state index in [2.05, 4.69) is 39.7 Å². The summed E-state index contributed by atoms with van der Waals surface area (Å²) in [6.07, 6.45) is 6.36. The lowest BCUT2D eigenvalue weighted by atomic mass is 9.92. The van der Waals surface area contributed by atoms with E-state index >= 15 is 0 Å². The number of rotatable bonds is 5. The number of amides is 1. The molecule has 32 heavy (non-hydrogen) atoms. The Morgan fingerprint density at radius 1 is 1.22 bits per heavy atom. The molecule has 3 heterocycles. The van der Waals surface area contributed by atoms with E-state index in [4.69, 9.17) is 4.74 Å². The molecule has 0 bridgehead atoms. The van der Waals surface area contributed by atoms with Crippen LogP contribution in [0.15, 0.2) is 42.6 Å². The van der Waals surface area contributed by atoms with Crippen molar-refractivity contribution in [2.75, 3.05) is 6.61 Å². The van der Waals surface area contributed by atoms with Gasteiger partial charge in [0.1, 0.15) is 11.4 Å². The molecule has 3 aromatic rings. The maximum Gasteiger partial charge on any atom is 0.270 e. The highest BCUT2D eigenvalue weighted by Crippen LogP contribution is 2.31. The lowest BCUT2D eigenvalue weighted by Gasteiger charge is -2.28. The highest BCUT2D eigenvalue weighted by Gasteiger charge is 2.27. The van der Waals surface area contributed by atoms with E-state index in [9.17, 15) is 9.90 Å². The summed E-state index contributed by atoms with van der Waals surface area (Å²) < 4.78 is 7.64. The molecule has 1 amide bonds. The summed E-state index contributed by atoms with van der Waals surface area (Å²) in [5, 5.41) is 17.7. The highest BCUT2D eigenvalue weighted by atomic mass is 16.5. The lowest BCUT2D eigenvalue weighted by Crippen LogP contribution is -2.45. The van der Waals surface area contributed by atoms with E-state index in [1.165, 1.54) is 0 Å². The van der Waals surface area contributed by atoms with Gasteiger partial charge in [0.15, 0.2) is 0 Å². The highest BCUT2D eigenvalue weighted by molar-refractivity contribution is 5.93. The second-order valence-corrected chi connectivity index (χ2v) is 8.72. The molecule has 7 heteroatoms. The number of nitrogens with zero attached hydrogens (tertiary/aromatic N) is 3. The molecule has 2 N–H and O–H groups in total. The van der Waals surface area contributed by atoms with Gasteiger partial charge < -0.3 is 15.2 Å². The van der Waals surface area contributed by atoms with E-state index in [0.717, 1.165) is 59.5 Å². The molecule has 0 radical (unpaired) electrons.